The maximum absolute atomic E-state index is 12.4. The summed E-state index contributed by atoms with van der Waals surface area (Å²) in [5.74, 6) is 3.21. The molecular weight excluding hydrogens is 161 g/mol. The third-order valence-corrected chi connectivity index (χ3v) is 3.56. The monoisotopic (exact) mass is 177 g/mol. The van der Waals surface area contributed by atoms with Crippen molar-refractivity contribution in [1.29, 1.82) is 0 Å². The molecule has 0 bridgehead atoms. The second kappa shape index (κ2) is 4.99. The van der Waals surface area contributed by atoms with Crippen molar-refractivity contribution in [3.63, 3.8) is 0 Å². The summed E-state index contributed by atoms with van der Waals surface area (Å²) in [4.78, 5) is 0. The van der Waals surface area contributed by atoms with Gasteiger partial charge in [-0.15, -0.1) is 0 Å². The van der Waals surface area contributed by atoms with E-state index in [0.717, 1.165) is 12.2 Å². The molecule has 11 heavy (non-hydrogen) atoms. The number of rotatable bonds is 4. The van der Waals surface area contributed by atoms with Gasteiger partial charge in [-0.05, 0) is 42.7 Å². The SMILES string of the molecule is NCCC(CF)C1CCSC1. The topological polar surface area (TPSA) is 26.0 Å². The molecule has 1 aliphatic rings. The number of hydrogen-bond acceptors (Lipinski definition) is 2. The zero-order chi connectivity index (χ0) is 8.10. The quantitative estimate of drug-likeness (QED) is 0.707. The molecule has 0 amide bonds. The summed E-state index contributed by atoms with van der Waals surface area (Å²) in [5, 5.41) is 0. The van der Waals surface area contributed by atoms with E-state index >= 15 is 0 Å². The Hall–Kier alpha value is 0.240. The first-order chi connectivity index (χ1) is 5.38. The maximum Gasteiger partial charge on any atom is 0.0926 e. The van der Waals surface area contributed by atoms with Gasteiger partial charge in [0.05, 0.1) is 6.67 Å². The van der Waals surface area contributed by atoms with Crippen LogP contribution in [0.15, 0.2) is 0 Å². The van der Waals surface area contributed by atoms with E-state index in [-0.39, 0.29) is 12.6 Å². The smallest absolute Gasteiger partial charge is 0.0926 e. The van der Waals surface area contributed by atoms with Crippen LogP contribution >= 0.6 is 11.8 Å². The summed E-state index contributed by atoms with van der Waals surface area (Å²) in [6, 6.07) is 0. The first kappa shape index (κ1) is 9.33. The molecule has 0 aliphatic carbocycles. The van der Waals surface area contributed by atoms with Crippen molar-refractivity contribution in [3.8, 4) is 0 Å². The van der Waals surface area contributed by atoms with Crippen molar-refractivity contribution >= 4 is 11.8 Å². The molecule has 1 nitrogen and oxygen atoms in total. The lowest BCUT2D eigenvalue weighted by molar-refractivity contribution is 0.266. The van der Waals surface area contributed by atoms with Gasteiger partial charge >= 0.3 is 0 Å². The van der Waals surface area contributed by atoms with Gasteiger partial charge in [-0.2, -0.15) is 11.8 Å². The van der Waals surface area contributed by atoms with Crippen molar-refractivity contribution in [2.75, 3.05) is 24.7 Å². The Morgan fingerprint density at radius 1 is 1.64 bits per heavy atom. The molecule has 0 spiro atoms. The first-order valence-corrected chi connectivity index (χ1v) is 5.37. The fourth-order valence-electron chi connectivity index (χ4n) is 1.58. The molecular formula is C8H16FNS. The Balaban J connectivity index is 2.27. The minimum absolute atomic E-state index is 0.178. The third-order valence-electron chi connectivity index (χ3n) is 2.37. The lowest BCUT2D eigenvalue weighted by Crippen LogP contribution is -2.20. The van der Waals surface area contributed by atoms with Crippen LogP contribution in [-0.2, 0) is 0 Å². The highest BCUT2D eigenvalue weighted by Crippen LogP contribution is 2.31. The minimum Gasteiger partial charge on any atom is -0.330 e. The largest absolute Gasteiger partial charge is 0.330 e. The van der Waals surface area contributed by atoms with E-state index in [1.54, 1.807) is 0 Å². The fourth-order valence-corrected chi connectivity index (χ4v) is 2.96. The van der Waals surface area contributed by atoms with Crippen molar-refractivity contribution in [2.24, 2.45) is 17.6 Å². The third kappa shape index (κ3) is 2.64. The minimum atomic E-state index is -0.178. The molecule has 1 rings (SSSR count). The zero-order valence-corrected chi connectivity index (χ0v) is 7.58. The Bertz CT molecular complexity index is 104. The van der Waals surface area contributed by atoms with Gasteiger partial charge in [0.25, 0.3) is 0 Å². The first-order valence-electron chi connectivity index (χ1n) is 4.22. The molecule has 1 fully saturated rings. The van der Waals surface area contributed by atoms with Gasteiger partial charge in [-0.1, -0.05) is 0 Å². The van der Waals surface area contributed by atoms with E-state index in [0.29, 0.717) is 12.5 Å². The van der Waals surface area contributed by atoms with Crippen LogP contribution in [0.5, 0.6) is 0 Å². The lowest BCUT2D eigenvalue weighted by Gasteiger charge is -2.18. The average Bonchev–Trinajstić information content (AvgIpc) is 2.52. The van der Waals surface area contributed by atoms with Crippen molar-refractivity contribution in [3.05, 3.63) is 0 Å². The predicted molar refractivity (Wildman–Crippen MR) is 48.6 cm³/mol. The normalized spacial score (nSPS) is 27.3. The van der Waals surface area contributed by atoms with Gasteiger partial charge in [0.1, 0.15) is 0 Å². The highest BCUT2D eigenvalue weighted by molar-refractivity contribution is 7.99. The van der Waals surface area contributed by atoms with E-state index in [1.807, 2.05) is 11.8 Å². The summed E-state index contributed by atoms with van der Waals surface area (Å²) in [5.41, 5.74) is 5.40. The van der Waals surface area contributed by atoms with Gasteiger partial charge in [0.2, 0.25) is 0 Å². The highest BCUT2D eigenvalue weighted by atomic mass is 32.2. The Morgan fingerprint density at radius 3 is 2.91 bits per heavy atom. The zero-order valence-electron chi connectivity index (χ0n) is 6.76. The molecule has 2 N–H and O–H groups in total. The molecule has 0 aromatic rings. The summed E-state index contributed by atoms with van der Waals surface area (Å²) in [6.07, 6.45) is 2.06. The van der Waals surface area contributed by atoms with Crippen LogP contribution in [0.25, 0.3) is 0 Å². The molecule has 66 valence electrons. The second-order valence-corrected chi connectivity index (χ2v) is 4.27. The number of nitrogens with two attached hydrogens (primary N) is 1. The molecule has 1 aliphatic heterocycles. The summed E-state index contributed by atoms with van der Waals surface area (Å²) in [6.45, 7) is 0.457. The fraction of sp³-hybridized carbons (Fsp3) is 1.00. The molecule has 1 heterocycles. The van der Waals surface area contributed by atoms with Gasteiger partial charge in [0, 0.05) is 0 Å². The Kier molecular flexibility index (Phi) is 4.23. The summed E-state index contributed by atoms with van der Waals surface area (Å²) < 4.78 is 12.4. The van der Waals surface area contributed by atoms with E-state index in [9.17, 15) is 4.39 Å². The van der Waals surface area contributed by atoms with Crippen LogP contribution in [0.3, 0.4) is 0 Å². The second-order valence-electron chi connectivity index (χ2n) is 3.12. The van der Waals surface area contributed by atoms with Gasteiger partial charge in [-0.25, -0.2) is 0 Å². The average molecular weight is 177 g/mol. The van der Waals surface area contributed by atoms with Crippen molar-refractivity contribution < 1.29 is 4.39 Å². The molecule has 0 aromatic carbocycles. The molecule has 2 atom stereocenters. The molecule has 3 heteroatoms. The number of thioether (sulfide) groups is 1. The Labute approximate surface area is 71.9 Å². The Morgan fingerprint density at radius 2 is 2.45 bits per heavy atom. The number of hydrogen-bond donors (Lipinski definition) is 1. The van der Waals surface area contributed by atoms with Crippen LogP contribution in [0.1, 0.15) is 12.8 Å². The summed E-state index contributed by atoms with van der Waals surface area (Å²) >= 11 is 1.94. The van der Waals surface area contributed by atoms with Gasteiger partial charge < -0.3 is 5.73 Å². The van der Waals surface area contributed by atoms with E-state index in [1.165, 1.54) is 12.2 Å². The predicted octanol–water partition coefficient (Wildman–Crippen LogP) is 1.67. The molecule has 0 radical (unpaired) electrons. The standard InChI is InChI=1S/C8H16FNS/c9-5-7(1-3-10)8-2-4-11-6-8/h7-8H,1-6,10H2. The molecule has 0 saturated carbocycles. The van der Waals surface area contributed by atoms with Gasteiger partial charge in [0.15, 0.2) is 0 Å². The summed E-state index contributed by atoms with van der Waals surface area (Å²) in [7, 11) is 0. The molecule has 0 aromatic heterocycles. The van der Waals surface area contributed by atoms with Crippen LogP contribution in [0, 0.1) is 11.8 Å². The number of alkyl halides is 1. The number of halogens is 1. The van der Waals surface area contributed by atoms with Crippen LogP contribution < -0.4 is 5.73 Å². The van der Waals surface area contributed by atoms with Crippen LogP contribution in [0.4, 0.5) is 4.39 Å². The van der Waals surface area contributed by atoms with E-state index in [4.69, 9.17) is 5.73 Å². The van der Waals surface area contributed by atoms with Gasteiger partial charge in [-0.3, -0.25) is 4.39 Å². The van der Waals surface area contributed by atoms with Crippen LogP contribution in [-0.4, -0.2) is 24.7 Å². The molecule has 2 unspecified atom stereocenters. The van der Waals surface area contributed by atoms with E-state index < -0.39 is 0 Å². The highest BCUT2D eigenvalue weighted by Gasteiger charge is 2.24. The van der Waals surface area contributed by atoms with E-state index in [2.05, 4.69) is 0 Å². The van der Waals surface area contributed by atoms with Crippen LogP contribution in [0.2, 0.25) is 0 Å². The lowest BCUT2D eigenvalue weighted by atomic mass is 9.90. The van der Waals surface area contributed by atoms with Crippen molar-refractivity contribution in [2.45, 2.75) is 12.8 Å². The maximum atomic E-state index is 12.4. The molecule has 1 saturated heterocycles. The van der Waals surface area contributed by atoms with Crippen molar-refractivity contribution in [1.82, 2.24) is 0 Å².